The van der Waals surface area contributed by atoms with Crippen molar-refractivity contribution in [2.24, 2.45) is 5.92 Å². The summed E-state index contributed by atoms with van der Waals surface area (Å²) in [5.41, 5.74) is 6.51. The Bertz CT molecular complexity index is 452. The molecule has 114 valence electrons. The fraction of sp³-hybridized carbons (Fsp3) is 0.667. The smallest absolute Gasteiger partial charge is 0.383 e. The molecule has 0 spiro atoms. The summed E-state index contributed by atoms with van der Waals surface area (Å²) in [5.74, 6) is 1.07. The van der Waals surface area contributed by atoms with Gasteiger partial charge in [-0.2, -0.15) is 13.2 Å². The molecule has 0 aliphatic rings. The van der Waals surface area contributed by atoms with Crippen LogP contribution in [0.3, 0.4) is 0 Å². The van der Waals surface area contributed by atoms with E-state index >= 15 is 0 Å². The third kappa shape index (κ3) is 6.04. The highest BCUT2D eigenvalue weighted by Crippen LogP contribution is 2.23. The third-order valence-corrected chi connectivity index (χ3v) is 3.19. The number of ether oxygens (including phenoxy) is 1. The number of aromatic nitrogens is 2. The van der Waals surface area contributed by atoms with Gasteiger partial charge in [-0.1, -0.05) is 13.8 Å². The number of nitrogens with zero attached hydrogens (tertiary/aromatic N) is 2. The first-order valence-corrected chi connectivity index (χ1v) is 6.93. The van der Waals surface area contributed by atoms with Crippen molar-refractivity contribution < 1.29 is 17.9 Å². The predicted molar refractivity (Wildman–Crippen MR) is 73.3 cm³/mol. The summed E-state index contributed by atoms with van der Waals surface area (Å²) in [6, 6.07) is 0. The van der Waals surface area contributed by atoms with E-state index in [2.05, 4.69) is 30.6 Å². The van der Waals surface area contributed by atoms with Crippen molar-refractivity contribution in [3.05, 3.63) is 16.0 Å². The summed E-state index contributed by atoms with van der Waals surface area (Å²) >= 11 is 3.32. The maximum Gasteiger partial charge on any atom is 0.411 e. The molecule has 0 aliphatic carbocycles. The van der Waals surface area contributed by atoms with Crippen LogP contribution in [0.25, 0.3) is 0 Å². The zero-order valence-electron chi connectivity index (χ0n) is 11.3. The van der Waals surface area contributed by atoms with Gasteiger partial charge in [-0.3, -0.25) is 0 Å². The second-order valence-corrected chi connectivity index (χ2v) is 5.59. The van der Waals surface area contributed by atoms with E-state index in [0.717, 1.165) is 5.69 Å². The Morgan fingerprint density at radius 1 is 1.30 bits per heavy atom. The largest absolute Gasteiger partial charge is 0.411 e. The molecule has 20 heavy (non-hydrogen) atoms. The third-order valence-electron chi connectivity index (χ3n) is 2.33. The molecule has 0 saturated heterocycles. The van der Waals surface area contributed by atoms with Gasteiger partial charge in [0.05, 0.1) is 16.8 Å². The Morgan fingerprint density at radius 2 is 1.95 bits per heavy atom. The van der Waals surface area contributed by atoms with Crippen molar-refractivity contribution in [2.75, 3.05) is 18.9 Å². The van der Waals surface area contributed by atoms with E-state index in [-0.39, 0.29) is 13.0 Å². The summed E-state index contributed by atoms with van der Waals surface area (Å²) in [4.78, 5) is 8.34. The molecule has 0 saturated carbocycles. The summed E-state index contributed by atoms with van der Waals surface area (Å²) in [7, 11) is 0. The molecule has 2 N–H and O–H groups in total. The topological polar surface area (TPSA) is 61.0 Å². The SMILES string of the molecule is CC(C)Cc1nc(CCOCC(F)(F)F)nc(N)c1Br. The monoisotopic (exact) mass is 355 g/mol. The lowest BCUT2D eigenvalue weighted by atomic mass is 10.1. The van der Waals surface area contributed by atoms with Crippen LogP contribution in [0.1, 0.15) is 25.4 Å². The van der Waals surface area contributed by atoms with Crippen molar-refractivity contribution in [3.63, 3.8) is 0 Å². The van der Waals surface area contributed by atoms with Crippen molar-refractivity contribution >= 4 is 21.7 Å². The van der Waals surface area contributed by atoms with Crippen LogP contribution in [0.4, 0.5) is 19.0 Å². The molecular formula is C12H17BrF3N3O. The Balaban J connectivity index is 2.64. The van der Waals surface area contributed by atoms with Crippen LogP contribution < -0.4 is 5.73 Å². The van der Waals surface area contributed by atoms with Crippen molar-refractivity contribution in [3.8, 4) is 0 Å². The van der Waals surface area contributed by atoms with E-state index in [1.165, 1.54) is 0 Å². The van der Waals surface area contributed by atoms with Gasteiger partial charge in [0.1, 0.15) is 18.2 Å². The highest BCUT2D eigenvalue weighted by Gasteiger charge is 2.27. The molecule has 0 fully saturated rings. The van der Waals surface area contributed by atoms with Crippen LogP contribution in [0, 0.1) is 5.92 Å². The quantitative estimate of drug-likeness (QED) is 0.796. The lowest BCUT2D eigenvalue weighted by Gasteiger charge is -2.11. The van der Waals surface area contributed by atoms with Crippen LogP contribution in [-0.2, 0) is 17.6 Å². The molecule has 1 aromatic rings. The molecule has 0 radical (unpaired) electrons. The number of anilines is 1. The summed E-state index contributed by atoms with van der Waals surface area (Å²) in [6.07, 6.45) is -3.41. The second kappa shape index (κ2) is 7.21. The molecule has 4 nitrogen and oxygen atoms in total. The van der Waals surface area contributed by atoms with E-state index in [1.807, 2.05) is 13.8 Å². The van der Waals surface area contributed by atoms with Gasteiger partial charge in [-0.05, 0) is 28.3 Å². The van der Waals surface area contributed by atoms with Crippen LogP contribution in [0.5, 0.6) is 0 Å². The predicted octanol–water partition coefficient (Wildman–Crippen LogP) is 3.14. The minimum Gasteiger partial charge on any atom is -0.383 e. The van der Waals surface area contributed by atoms with E-state index in [1.54, 1.807) is 0 Å². The standard InChI is InChI=1S/C12H17BrF3N3O/c1-7(2)5-8-10(13)11(17)19-9(18-8)3-4-20-6-12(14,15)16/h7H,3-6H2,1-2H3,(H2,17,18,19). The van der Waals surface area contributed by atoms with E-state index < -0.39 is 12.8 Å². The Kier molecular flexibility index (Phi) is 6.19. The second-order valence-electron chi connectivity index (χ2n) is 4.80. The normalized spacial score (nSPS) is 12.2. The molecule has 0 aliphatic heterocycles. The first-order valence-electron chi connectivity index (χ1n) is 6.14. The van der Waals surface area contributed by atoms with Crippen molar-refractivity contribution in [2.45, 2.75) is 32.9 Å². The minimum atomic E-state index is -4.32. The minimum absolute atomic E-state index is 0.0955. The van der Waals surface area contributed by atoms with Gasteiger partial charge < -0.3 is 10.5 Å². The highest BCUT2D eigenvalue weighted by molar-refractivity contribution is 9.10. The molecule has 0 aromatic carbocycles. The molecule has 0 amide bonds. The average molecular weight is 356 g/mol. The van der Waals surface area contributed by atoms with E-state index in [4.69, 9.17) is 5.73 Å². The summed E-state index contributed by atoms with van der Waals surface area (Å²) in [6.45, 7) is 2.72. The zero-order valence-corrected chi connectivity index (χ0v) is 12.9. The maximum absolute atomic E-state index is 11.9. The molecule has 8 heteroatoms. The maximum atomic E-state index is 11.9. The molecule has 1 heterocycles. The summed E-state index contributed by atoms with van der Waals surface area (Å²) in [5, 5.41) is 0. The number of hydrogen-bond acceptors (Lipinski definition) is 4. The van der Waals surface area contributed by atoms with Crippen LogP contribution in [0.15, 0.2) is 4.47 Å². The van der Waals surface area contributed by atoms with Gasteiger partial charge in [0, 0.05) is 6.42 Å². The van der Waals surface area contributed by atoms with E-state index in [0.29, 0.717) is 28.5 Å². The fourth-order valence-corrected chi connectivity index (χ4v) is 1.89. The first-order chi connectivity index (χ1) is 9.19. The molecule has 0 atom stereocenters. The zero-order chi connectivity index (χ0) is 15.3. The number of alkyl halides is 3. The number of hydrogen-bond donors (Lipinski definition) is 1. The van der Waals surface area contributed by atoms with Gasteiger partial charge >= 0.3 is 6.18 Å². The molecular weight excluding hydrogens is 339 g/mol. The van der Waals surface area contributed by atoms with Crippen molar-refractivity contribution in [1.29, 1.82) is 0 Å². The van der Waals surface area contributed by atoms with Gasteiger partial charge in [-0.15, -0.1) is 0 Å². The lowest BCUT2D eigenvalue weighted by molar-refractivity contribution is -0.173. The highest BCUT2D eigenvalue weighted by atomic mass is 79.9. The van der Waals surface area contributed by atoms with Crippen LogP contribution in [0.2, 0.25) is 0 Å². The molecule has 1 rings (SSSR count). The Morgan fingerprint density at radius 3 is 2.50 bits per heavy atom. The molecule has 1 aromatic heterocycles. The number of halogens is 4. The fourth-order valence-electron chi connectivity index (χ4n) is 1.55. The molecule has 0 unspecified atom stereocenters. The van der Waals surface area contributed by atoms with Gasteiger partial charge in [-0.25, -0.2) is 9.97 Å². The average Bonchev–Trinajstić information content (AvgIpc) is 2.29. The van der Waals surface area contributed by atoms with E-state index in [9.17, 15) is 13.2 Å². The van der Waals surface area contributed by atoms with Crippen molar-refractivity contribution in [1.82, 2.24) is 9.97 Å². The van der Waals surface area contributed by atoms with Crippen LogP contribution >= 0.6 is 15.9 Å². The van der Waals surface area contributed by atoms with Gasteiger partial charge in [0.15, 0.2) is 0 Å². The van der Waals surface area contributed by atoms with Gasteiger partial charge in [0.25, 0.3) is 0 Å². The number of nitrogens with two attached hydrogens (primary N) is 1. The molecule has 0 bridgehead atoms. The lowest BCUT2D eigenvalue weighted by Crippen LogP contribution is -2.18. The first kappa shape index (κ1) is 17.2. The Hall–Kier alpha value is -0.890. The van der Waals surface area contributed by atoms with Crippen LogP contribution in [-0.4, -0.2) is 29.4 Å². The number of nitrogen functional groups attached to an aromatic ring is 1. The number of rotatable bonds is 6. The summed E-state index contributed by atoms with van der Waals surface area (Å²) < 4.78 is 41.0. The van der Waals surface area contributed by atoms with Gasteiger partial charge in [0.2, 0.25) is 0 Å². The Labute approximate surface area is 124 Å².